The third kappa shape index (κ3) is 1.55. The molecule has 0 atom stereocenters. The topological polar surface area (TPSA) is 84.9 Å². The summed E-state index contributed by atoms with van der Waals surface area (Å²) in [6.45, 7) is 0. The molecule has 1 heterocycles. The van der Waals surface area contributed by atoms with E-state index in [2.05, 4.69) is 0 Å². The fourth-order valence-electron chi connectivity index (χ4n) is 0.538. The minimum atomic E-state index is -0.927. The van der Waals surface area contributed by atoms with E-state index in [0.717, 1.165) is 23.5 Å². The first-order valence-corrected chi connectivity index (χ1v) is 4.55. The molecule has 0 radical (unpaired) electrons. The minimum Gasteiger partial charge on any atom is -0.480 e. The fourth-order valence-corrected chi connectivity index (χ4v) is 2.43. The number of hydrogen-bond acceptors (Lipinski definition) is 5. The lowest BCUT2D eigenvalue weighted by Crippen LogP contribution is -2.18. The predicted molar refractivity (Wildman–Crippen MR) is 44.9 cm³/mol. The summed E-state index contributed by atoms with van der Waals surface area (Å²) in [5, 5.41) is 25.2. The molecule has 1 rings (SSSR count). The summed E-state index contributed by atoms with van der Waals surface area (Å²) in [6.07, 6.45) is 0. The van der Waals surface area contributed by atoms with Crippen molar-refractivity contribution in [3.63, 3.8) is 0 Å². The van der Waals surface area contributed by atoms with Gasteiger partial charge in [-0.15, -0.1) is 0 Å². The Morgan fingerprint density at radius 3 is 2.25 bits per heavy atom. The lowest BCUT2D eigenvalue weighted by atomic mass is 10.4. The number of aliphatic carboxylic acids is 1. The molecule has 0 saturated carbocycles. The van der Waals surface area contributed by atoms with Crippen LogP contribution in [0.3, 0.4) is 0 Å². The second-order valence-corrected chi connectivity index (χ2v) is 4.58. The maximum absolute atomic E-state index is 10.3. The van der Waals surface area contributed by atoms with Crippen LogP contribution < -0.4 is 0 Å². The number of rotatable bonds is 1. The molecule has 1 N–H and O–H groups in total. The van der Waals surface area contributed by atoms with E-state index >= 15 is 0 Å². The minimum absolute atomic E-state index is 0.00231. The molecule has 60 valence electrons. The molecule has 0 amide bonds. The molecule has 1 aliphatic heterocycles. The molecule has 0 unspecified atom stereocenters. The second-order valence-electron chi connectivity index (χ2n) is 1.79. The Bertz CT molecular complexity index is 312. The monoisotopic (exact) mass is 198 g/mol. The third-order valence-corrected chi connectivity index (χ3v) is 3.88. The molecule has 6 heteroatoms. The number of nitriles is 2. The van der Waals surface area contributed by atoms with Crippen molar-refractivity contribution >= 4 is 29.5 Å². The van der Waals surface area contributed by atoms with E-state index in [9.17, 15) is 4.79 Å². The van der Waals surface area contributed by atoms with Crippen LogP contribution in [0.4, 0.5) is 0 Å². The average molecular weight is 198 g/mol. The first kappa shape index (κ1) is 8.98. The van der Waals surface area contributed by atoms with Crippen LogP contribution in [0, 0.1) is 22.7 Å². The summed E-state index contributed by atoms with van der Waals surface area (Å²) in [5.74, 6) is -0.927. The highest BCUT2D eigenvalue weighted by atomic mass is 32.3. The van der Waals surface area contributed by atoms with Crippen molar-refractivity contribution in [3.05, 3.63) is 9.81 Å². The molecule has 4 nitrogen and oxygen atoms in total. The van der Waals surface area contributed by atoms with E-state index in [-0.39, 0.29) is 5.57 Å². The normalized spacial score (nSPS) is 20.2. The highest BCUT2D eigenvalue weighted by molar-refractivity contribution is 8.39. The van der Waals surface area contributed by atoms with Gasteiger partial charge in [0.05, 0.1) is 4.24 Å². The first-order valence-electron chi connectivity index (χ1n) is 2.79. The van der Waals surface area contributed by atoms with Crippen molar-refractivity contribution in [3.8, 4) is 12.1 Å². The maximum Gasteiger partial charge on any atom is 0.327 e. The van der Waals surface area contributed by atoms with Gasteiger partial charge in [0.25, 0.3) is 0 Å². The Labute approximate surface area is 76.9 Å². The molecule has 12 heavy (non-hydrogen) atoms. The molecule has 1 fully saturated rings. The molecule has 0 aromatic carbocycles. The standard InChI is InChI=1S/C6H2N2O2S2/c7-1-3(2-8)5-11-6(12-5)4(9)10/h6H,(H,9,10). The number of carbonyl (C=O) groups is 1. The van der Waals surface area contributed by atoms with Crippen LogP contribution in [-0.4, -0.2) is 15.7 Å². The van der Waals surface area contributed by atoms with Gasteiger partial charge in [0.15, 0.2) is 4.58 Å². The fraction of sp³-hybridized carbons (Fsp3) is 0.167. The Morgan fingerprint density at radius 2 is 1.92 bits per heavy atom. The molecule has 0 spiro atoms. The van der Waals surface area contributed by atoms with Crippen LogP contribution in [0.5, 0.6) is 0 Å². The van der Waals surface area contributed by atoms with E-state index < -0.39 is 10.6 Å². The number of allylic oxidation sites excluding steroid dienone is 1. The first-order chi connectivity index (χ1) is 5.69. The number of thioether (sulfide) groups is 2. The Kier molecular flexibility index (Phi) is 2.64. The highest BCUT2D eigenvalue weighted by Gasteiger charge is 2.34. The van der Waals surface area contributed by atoms with Crippen molar-refractivity contribution in [1.82, 2.24) is 0 Å². The van der Waals surface area contributed by atoms with E-state index in [0.29, 0.717) is 4.24 Å². The van der Waals surface area contributed by atoms with Gasteiger partial charge in [-0.3, -0.25) is 4.79 Å². The number of carboxylic acids is 1. The second kappa shape index (κ2) is 3.53. The molecule has 0 bridgehead atoms. The summed E-state index contributed by atoms with van der Waals surface area (Å²) < 4.78 is -0.0518. The molecular formula is C6H2N2O2S2. The maximum atomic E-state index is 10.3. The van der Waals surface area contributed by atoms with Gasteiger partial charge in [0.2, 0.25) is 0 Å². The van der Waals surface area contributed by atoms with Gasteiger partial charge in [-0.05, 0) is 0 Å². The molecule has 1 saturated heterocycles. The zero-order valence-electron chi connectivity index (χ0n) is 5.64. The van der Waals surface area contributed by atoms with Crippen LogP contribution in [0.15, 0.2) is 9.81 Å². The zero-order valence-corrected chi connectivity index (χ0v) is 7.28. The Morgan fingerprint density at radius 1 is 1.42 bits per heavy atom. The van der Waals surface area contributed by atoms with Gasteiger partial charge < -0.3 is 5.11 Å². The van der Waals surface area contributed by atoms with Gasteiger partial charge in [-0.2, -0.15) is 10.5 Å². The quantitative estimate of drug-likeness (QED) is 0.636. The van der Waals surface area contributed by atoms with Crippen molar-refractivity contribution in [2.24, 2.45) is 0 Å². The SMILES string of the molecule is N#CC(C#N)=C1SC(C(=O)O)S1. The smallest absolute Gasteiger partial charge is 0.327 e. The number of nitrogens with zero attached hydrogens (tertiary/aromatic N) is 2. The number of hydrogen-bond donors (Lipinski definition) is 1. The number of carboxylic acid groups (broad SMARTS) is 1. The molecule has 0 aromatic rings. The van der Waals surface area contributed by atoms with Gasteiger partial charge in [-0.25, -0.2) is 0 Å². The van der Waals surface area contributed by atoms with Crippen LogP contribution in [0.1, 0.15) is 0 Å². The zero-order chi connectivity index (χ0) is 9.14. The van der Waals surface area contributed by atoms with Gasteiger partial charge in [-0.1, -0.05) is 23.5 Å². The largest absolute Gasteiger partial charge is 0.480 e. The predicted octanol–water partition coefficient (Wildman–Crippen LogP) is 1.14. The lowest BCUT2D eigenvalue weighted by Gasteiger charge is -2.22. The molecule has 0 aliphatic carbocycles. The summed E-state index contributed by atoms with van der Waals surface area (Å²) in [7, 11) is 0. The van der Waals surface area contributed by atoms with Gasteiger partial charge >= 0.3 is 5.97 Å². The molecule has 0 aromatic heterocycles. The van der Waals surface area contributed by atoms with E-state index in [1.807, 2.05) is 0 Å². The summed E-state index contributed by atoms with van der Waals surface area (Å²) in [4.78, 5) is 10.3. The van der Waals surface area contributed by atoms with Gasteiger partial charge in [0.1, 0.15) is 17.7 Å². The van der Waals surface area contributed by atoms with Crippen LogP contribution >= 0.6 is 23.5 Å². The van der Waals surface area contributed by atoms with E-state index in [1.165, 1.54) is 0 Å². The highest BCUT2D eigenvalue weighted by Crippen LogP contribution is 2.52. The Balaban J connectivity index is 2.67. The summed E-state index contributed by atoms with van der Waals surface area (Å²) in [6, 6.07) is 3.39. The van der Waals surface area contributed by atoms with Crippen LogP contribution in [-0.2, 0) is 4.79 Å². The van der Waals surface area contributed by atoms with E-state index in [1.54, 1.807) is 12.1 Å². The lowest BCUT2D eigenvalue weighted by molar-refractivity contribution is -0.134. The van der Waals surface area contributed by atoms with Gasteiger partial charge in [0, 0.05) is 0 Å². The Hall–Kier alpha value is -1.11. The van der Waals surface area contributed by atoms with Crippen molar-refractivity contribution in [2.45, 2.75) is 4.58 Å². The molecular weight excluding hydrogens is 196 g/mol. The van der Waals surface area contributed by atoms with E-state index in [4.69, 9.17) is 15.6 Å². The average Bonchev–Trinajstić information content (AvgIpc) is 1.94. The van der Waals surface area contributed by atoms with Crippen molar-refractivity contribution < 1.29 is 9.90 Å². The van der Waals surface area contributed by atoms with Crippen molar-refractivity contribution in [1.29, 1.82) is 10.5 Å². The molecule has 1 aliphatic rings. The third-order valence-electron chi connectivity index (χ3n) is 1.06. The van der Waals surface area contributed by atoms with Crippen LogP contribution in [0.25, 0.3) is 0 Å². The summed E-state index contributed by atoms with van der Waals surface area (Å²) in [5.41, 5.74) is 0.00231. The van der Waals surface area contributed by atoms with Crippen LogP contribution in [0.2, 0.25) is 0 Å². The van der Waals surface area contributed by atoms with Crippen molar-refractivity contribution in [2.75, 3.05) is 0 Å². The summed E-state index contributed by atoms with van der Waals surface area (Å²) >= 11 is 2.07.